The van der Waals surface area contributed by atoms with Gasteiger partial charge in [0.25, 0.3) is 15.7 Å². The predicted octanol–water partition coefficient (Wildman–Crippen LogP) is 5.15. The first kappa shape index (κ1) is 34.3. The molecule has 2 heterocycles. The minimum atomic E-state index is -4.00. The van der Waals surface area contributed by atoms with Gasteiger partial charge in [-0.25, -0.2) is 4.98 Å². The first-order chi connectivity index (χ1) is 22.0. The quantitative estimate of drug-likeness (QED) is 0.152. The summed E-state index contributed by atoms with van der Waals surface area (Å²) in [4.78, 5) is 21.0. The Bertz CT molecular complexity index is 1930. The lowest BCUT2D eigenvalue weighted by molar-refractivity contribution is 0.483. The number of nitrogens with zero attached hydrogens (tertiary/aromatic N) is 6. The van der Waals surface area contributed by atoms with Crippen LogP contribution in [-0.2, 0) is 29.5 Å². The number of thiocarbonyl (C=S) groups is 1. The molecule has 0 saturated heterocycles. The van der Waals surface area contributed by atoms with Gasteiger partial charge in [-0.2, -0.15) is 13.6 Å². The number of unbranched alkanes of at least 4 members (excludes halogenated alkanes) is 1. The molecule has 0 spiro atoms. The monoisotopic (exact) mass is 659 g/mol. The van der Waals surface area contributed by atoms with E-state index in [9.17, 15) is 13.2 Å². The fraction of sp³-hybridized carbons (Fsp3) is 0.273. The highest BCUT2D eigenvalue weighted by molar-refractivity contribution is 7.85. The maximum atomic E-state index is 13.6. The maximum Gasteiger partial charge on any atom is 0.294 e. The number of likely N-dealkylation sites (N-methyl/N-ethyl adjacent to an activating group) is 1. The standard InChI is InChI=1S/C27H31N7OS.C6H6O3S/c1-5-6-11-24-28-18(2)23(16-25(36)33(3)4)27(35)34(24)17-19-12-14-20(15-13-19)21-9-7-8-10-22(21)26-29-31-32-30-26;7-10(8,9)6-4-2-1-3-5-6/h7-10,12-15H,5-6,11,16-17H2,1-4H3,(H,29,30,31,32);1-5H,(H,7,8,9). The van der Waals surface area contributed by atoms with E-state index in [2.05, 4.69) is 51.8 Å². The molecule has 0 atom stereocenters. The summed E-state index contributed by atoms with van der Waals surface area (Å²) in [5, 5.41) is 14.5. The van der Waals surface area contributed by atoms with Crippen LogP contribution >= 0.6 is 12.2 Å². The average Bonchev–Trinajstić information content (AvgIpc) is 3.59. The van der Waals surface area contributed by atoms with E-state index in [1.807, 2.05) is 54.8 Å². The fourth-order valence-electron chi connectivity index (χ4n) is 4.73. The molecule has 0 amide bonds. The summed E-state index contributed by atoms with van der Waals surface area (Å²) < 4.78 is 31.1. The van der Waals surface area contributed by atoms with Gasteiger partial charge in [-0.3, -0.25) is 13.9 Å². The number of benzene rings is 3. The number of rotatable bonds is 10. The summed E-state index contributed by atoms with van der Waals surface area (Å²) >= 11 is 5.49. The highest BCUT2D eigenvalue weighted by atomic mass is 32.2. The predicted molar refractivity (Wildman–Crippen MR) is 182 cm³/mol. The lowest BCUT2D eigenvalue weighted by Gasteiger charge is -2.18. The molecular formula is C33H37N7O4S2. The molecule has 0 fully saturated rings. The van der Waals surface area contributed by atoms with Crippen molar-refractivity contribution in [2.75, 3.05) is 14.1 Å². The molecular weight excluding hydrogens is 623 g/mol. The van der Waals surface area contributed by atoms with E-state index in [0.717, 1.165) is 58.0 Å². The summed E-state index contributed by atoms with van der Waals surface area (Å²) in [6.07, 6.45) is 3.20. The molecule has 0 aliphatic carbocycles. The molecule has 5 rings (SSSR count). The van der Waals surface area contributed by atoms with Crippen molar-refractivity contribution in [2.45, 2.75) is 51.0 Å². The minimum absolute atomic E-state index is 0.00988. The van der Waals surface area contributed by atoms with Gasteiger partial charge in [-0.1, -0.05) is 92.3 Å². The summed E-state index contributed by atoms with van der Waals surface area (Å²) in [6, 6.07) is 23.6. The third-order valence-corrected chi connectivity index (χ3v) is 8.67. The van der Waals surface area contributed by atoms with Gasteiger partial charge in [0.05, 0.1) is 16.4 Å². The van der Waals surface area contributed by atoms with Crippen molar-refractivity contribution in [1.29, 1.82) is 0 Å². The molecule has 240 valence electrons. The summed E-state index contributed by atoms with van der Waals surface area (Å²) in [7, 11) is -0.202. The van der Waals surface area contributed by atoms with Gasteiger partial charge in [-0.05, 0) is 47.4 Å². The molecule has 2 aromatic heterocycles. The Balaban J connectivity index is 0.000000409. The third kappa shape index (κ3) is 8.77. The van der Waals surface area contributed by atoms with Gasteiger partial charge in [-0.15, -0.1) is 10.2 Å². The van der Waals surface area contributed by atoms with E-state index in [0.29, 0.717) is 24.4 Å². The average molecular weight is 660 g/mol. The number of hydrogen-bond donors (Lipinski definition) is 2. The summed E-state index contributed by atoms with van der Waals surface area (Å²) in [5.41, 5.74) is 5.41. The molecule has 11 nitrogen and oxygen atoms in total. The molecule has 0 bridgehead atoms. The minimum Gasteiger partial charge on any atom is -0.372 e. The lowest BCUT2D eigenvalue weighted by Crippen LogP contribution is -2.33. The van der Waals surface area contributed by atoms with Crippen LogP contribution in [0, 0.1) is 6.92 Å². The molecule has 0 aliphatic heterocycles. The summed E-state index contributed by atoms with van der Waals surface area (Å²) in [6.45, 7) is 4.51. The smallest absolute Gasteiger partial charge is 0.294 e. The van der Waals surface area contributed by atoms with Gasteiger partial charge in [0.1, 0.15) is 5.82 Å². The van der Waals surface area contributed by atoms with E-state index < -0.39 is 10.1 Å². The number of hydrogen-bond acceptors (Lipinski definition) is 8. The van der Waals surface area contributed by atoms with Crippen molar-refractivity contribution in [1.82, 2.24) is 35.1 Å². The number of tetrazole rings is 1. The normalized spacial score (nSPS) is 11.1. The first-order valence-electron chi connectivity index (χ1n) is 14.7. The van der Waals surface area contributed by atoms with Crippen LogP contribution in [0.3, 0.4) is 0 Å². The zero-order valence-corrected chi connectivity index (χ0v) is 27.8. The fourth-order valence-corrected chi connectivity index (χ4v) is 5.37. The Labute approximate surface area is 274 Å². The third-order valence-electron chi connectivity index (χ3n) is 7.29. The first-order valence-corrected chi connectivity index (χ1v) is 16.6. The van der Waals surface area contributed by atoms with Gasteiger partial charge in [0.15, 0.2) is 0 Å². The number of aromatic amines is 1. The molecule has 0 unspecified atom stereocenters. The van der Waals surface area contributed by atoms with E-state index in [1.54, 1.807) is 18.2 Å². The zero-order chi connectivity index (χ0) is 33.3. The van der Waals surface area contributed by atoms with E-state index in [-0.39, 0.29) is 10.5 Å². The number of aromatic nitrogens is 6. The van der Waals surface area contributed by atoms with Crippen LogP contribution < -0.4 is 5.56 Å². The lowest BCUT2D eigenvalue weighted by atomic mass is 9.98. The second kappa shape index (κ2) is 15.6. The molecule has 46 heavy (non-hydrogen) atoms. The van der Waals surface area contributed by atoms with E-state index >= 15 is 0 Å². The Morgan fingerprint density at radius 1 is 0.978 bits per heavy atom. The van der Waals surface area contributed by atoms with Gasteiger partial charge in [0.2, 0.25) is 5.82 Å². The van der Waals surface area contributed by atoms with Crippen LogP contribution in [0.25, 0.3) is 22.5 Å². The second-order valence-electron chi connectivity index (χ2n) is 10.8. The zero-order valence-electron chi connectivity index (χ0n) is 26.2. The second-order valence-corrected chi connectivity index (χ2v) is 12.7. The van der Waals surface area contributed by atoms with E-state index in [4.69, 9.17) is 21.8 Å². The highest BCUT2D eigenvalue weighted by Crippen LogP contribution is 2.29. The molecule has 5 aromatic rings. The number of H-pyrrole nitrogens is 1. The van der Waals surface area contributed by atoms with Crippen LogP contribution in [-0.4, -0.2) is 67.1 Å². The summed E-state index contributed by atoms with van der Waals surface area (Å²) in [5.74, 6) is 1.38. The van der Waals surface area contributed by atoms with Gasteiger partial charge < -0.3 is 4.90 Å². The molecule has 13 heteroatoms. The largest absolute Gasteiger partial charge is 0.372 e. The van der Waals surface area contributed by atoms with Crippen LogP contribution in [0.2, 0.25) is 0 Å². The van der Waals surface area contributed by atoms with Crippen molar-refractivity contribution >= 4 is 27.3 Å². The number of aryl methyl sites for hydroxylation is 2. The maximum absolute atomic E-state index is 13.6. The highest BCUT2D eigenvalue weighted by Gasteiger charge is 2.17. The van der Waals surface area contributed by atoms with Gasteiger partial charge >= 0.3 is 0 Å². The molecule has 0 aliphatic rings. The topological polar surface area (TPSA) is 147 Å². The van der Waals surface area contributed by atoms with Crippen LogP contribution in [0.4, 0.5) is 0 Å². The molecule has 0 saturated carbocycles. The SMILES string of the molecule is CCCCc1nc(C)c(CC(=S)N(C)C)c(=O)n1Cc1ccc(-c2ccccc2-c2nn[nH]n2)cc1.O=S(=O)(O)c1ccccc1. The Kier molecular flexibility index (Phi) is 11.6. The van der Waals surface area contributed by atoms with E-state index in [1.165, 1.54) is 12.1 Å². The van der Waals surface area contributed by atoms with Crippen LogP contribution in [0.15, 0.2) is 88.6 Å². The number of nitrogens with one attached hydrogen (secondary N) is 1. The molecule has 0 radical (unpaired) electrons. The van der Waals surface area contributed by atoms with Crippen LogP contribution in [0.1, 0.15) is 42.4 Å². The van der Waals surface area contributed by atoms with Crippen molar-refractivity contribution in [3.63, 3.8) is 0 Å². The molecule has 3 aromatic carbocycles. The van der Waals surface area contributed by atoms with Crippen molar-refractivity contribution < 1.29 is 13.0 Å². The Morgan fingerprint density at radius 2 is 1.63 bits per heavy atom. The Hall–Kier alpha value is -4.59. The Morgan fingerprint density at radius 3 is 2.20 bits per heavy atom. The van der Waals surface area contributed by atoms with Gasteiger partial charge in [0, 0.05) is 43.8 Å². The van der Waals surface area contributed by atoms with Crippen molar-refractivity contribution in [3.8, 4) is 22.5 Å². The van der Waals surface area contributed by atoms with Crippen molar-refractivity contribution in [3.05, 3.63) is 112 Å². The van der Waals surface area contributed by atoms with Crippen molar-refractivity contribution in [2.24, 2.45) is 0 Å². The van der Waals surface area contributed by atoms with Crippen LogP contribution in [0.5, 0.6) is 0 Å². The molecule has 2 N–H and O–H groups in total.